The number of allylic oxidation sites excluding steroid dienone is 5. The van der Waals surface area contributed by atoms with Crippen molar-refractivity contribution in [3.05, 3.63) is 34.6 Å². The zero-order chi connectivity index (χ0) is 14.7. The van der Waals surface area contributed by atoms with Gasteiger partial charge in [0.1, 0.15) is 0 Å². The van der Waals surface area contributed by atoms with Crippen LogP contribution in [0.4, 0.5) is 0 Å². The highest BCUT2D eigenvalue weighted by Crippen LogP contribution is 2.38. The molecule has 0 aromatic heterocycles. The summed E-state index contributed by atoms with van der Waals surface area (Å²) in [4.78, 5) is 25.3. The molecule has 0 heterocycles. The Morgan fingerprint density at radius 3 is 2.00 bits per heavy atom. The van der Waals surface area contributed by atoms with Crippen LogP contribution in [-0.4, -0.2) is 18.7 Å². The van der Waals surface area contributed by atoms with Crippen LogP contribution in [0.25, 0.3) is 0 Å². The van der Waals surface area contributed by atoms with Gasteiger partial charge >= 0.3 is 0 Å². The third-order valence-electron chi connectivity index (χ3n) is 4.27. The summed E-state index contributed by atoms with van der Waals surface area (Å²) < 4.78 is 5.31. The second kappa shape index (κ2) is 6.21. The van der Waals surface area contributed by atoms with Gasteiger partial charge in [0.25, 0.3) is 0 Å². The van der Waals surface area contributed by atoms with E-state index in [-0.39, 0.29) is 23.2 Å². The molecule has 2 aliphatic rings. The minimum Gasteiger partial charge on any atom is -0.492 e. The van der Waals surface area contributed by atoms with Gasteiger partial charge in [-0.15, -0.1) is 0 Å². The Morgan fingerprint density at radius 1 is 0.950 bits per heavy atom. The van der Waals surface area contributed by atoms with Crippen molar-refractivity contribution in [3.8, 4) is 0 Å². The zero-order valence-electron chi connectivity index (χ0n) is 12.5. The van der Waals surface area contributed by atoms with Crippen LogP contribution >= 0.6 is 0 Å². The maximum Gasteiger partial charge on any atom is 0.228 e. The standard InChI is InChI=1S/C17H22O3/c1-4-12-13(5-2)16(19)17(20-3)14(15(12)18)11-9-7-6-8-10-11/h4-5,11H,6-10H2,1-3H3/b12-4+,13-5+. The summed E-state index contributed by atoms with van der Waals surface area (Å²) in [6.45, 7) is 3.59. The van der Waals surface area contributed by atoms with Gasteiger partial charge in [-0.25, -0.2) is 0 Å². The van der Waals surface area contributed by atoms with Gasteiger partial charge in [-0.1, -0.05) is 31.4 Å². The van der Waals surface area contributed by atoms with Gasteiger partial charge in [-0.05, 0) is 32.6 Å². The summed E-state index contributed by atoms with van der Waals surface area (Å²) in [5.74, 6) is 0.260. The Bertz CT molecular complexity index is 514. The molecule has 2 aliphatic carbocycles. The summed E-state index contributed by atoms with van der Waals surface area (Å²) in [6, 6.07) is 0. The summed E-state index contributed by atoms with van der Waals surface area (Å²) in [5, 5.41) is 0. The van der Waals surface area contributed by atoms with Crippen molar-refractivity contribution in [2.45, 2.75) is 46.0 Å². The summed E-state index contributed by atoms with van der Waals surface area (Å²) >= 11 is 0. The van der Waals surface area contributed by atoms with Gasteiger partial charge in [0.2, 0.25) is 5.78 Å². The molecule has 0 N–H and O–H groups in total. The molecule has 0 bridgehead atoms. The lowest BCUT2D eigenvalue weighted by Crippen LogP contribution is -2.30. The molecule has 1 fully saturated rings. The molecule has 0 aliphatic heterocycles. The number of Topliss-reactive ketones (excluding diaryl/α,β-unsaturated/α-hetero) is 2. The smallest absolute Gasteiger partial charge is 0.228 e. The number of ketones is 2. The number of hydrogen-bond donors (Lipinski definition) is 0. The molecule has 3 nitrogen and oxygen atoms in total. The maximum absolute atomic E-state index is 12.7. The van der Waals surface area contributed by atoms with Crippen molar-refractivity contribution < 1.29 is 14.3 Å². The Morgan fingerprint density at radius 2 is 1.50 bits per heavy atom. The monoisotopic (exact) mass is 274 g/mol. The van der Waals surface area contributed by atoms with Crippen molar-refractivity contribution in [2.24, 2.45) is 5.92 Å². The van der Waals surface area contributed by atoms with E-state index in [1.54, 1.807) is 26.0 Å². The van der Waals surface area contributed by atoms with Crippen molar-refractivity contribution in [1.82, 2.24) is 0 Å². The van der Waals surface area contributed by atoms with Crippen LogP contribution < -0.4 is 0 Å². The lowest BCUT2D eigenvalue weighted by atomic mass is 9.75. The van der Waals surface area contributed by atoms with Crippen molar-refractivity contribution in [3.63, 3.8) is 0 Å². The molecule has 3 heteroatoms. The summed E-state index contributed by atoms with van der Waals surface area (Å²) in [5.41, 5.74) is 1.60. The molecule has 0 aromatic carbocycles. The fourth-order valence-electron chi connectivity index (χ4n) is 3.28. The average molecular weight is 274 g/mol. The molecule has 0 amide bonds. The Kier molecular flexibility index (Phi) is 4.58. The fourth-order valence-corrected chi connectivity index (χ4v) is 3.28. The minimum absolute atomic E-state index is 0.0241. The number of ether oxygens (including phenoxy) is 1. The molecular formula is C17H22O3. The highest BCUT2D eigenvalue weighted by atomic mass is 16.5. The van der Waals surface area contributed by atoms with Crippen molar-refractivity contribution >= 4 is 11.6 Å². The maximum atomic E-state index is 12.7. The molecule has 0 atom stereocenters. The third kappa shape index (κ3) is 2.37. The predicted molar refractivity (Wildman–Crippen MR) is 78.1 cm³/mol. The van der Waals surface area contributed by atoms with Gasteiger partial charge in [-0.3, -0.25) is 9.59 Å². The SMILES string of the molecule is C/C=C1/C(=O)C(OC)=C(C2CCCCC2)C(=O)/C1=C/C. The van der Waals surface area contributed by atoms with Crippen LogP contribution in [0.3, 0.4) is 0 Å². The quantitative estimate of drug-likeness (QED) is 0.724. The molecule has 0 radical (unpaired) electrons. The van der Waals surface area contributed by atoms with Crippen LogP contribution in [0, 0.1) is 5.92 Å². The van der Waals surface area contributed by atoms with E-state index in [0.717, 1.165) is 25.7 Å². The first-order chi connectivity index (χ1) is 9.65. The molecule has 1 saturated carbocycles. The van der Waals surface area contributed by atoms with E-state index < -0.39 is 0 Å². The molecule has 0 unspecified atom stereocenters. The summed E-state index contributed by atoms with van der Waals surface area (Å²) in [7, 11) is 1.48. The first kappa shape index (κ1) is 14.8. The largest absolute Gasteiger partial charge is 0.492 e. The number of rotatable bonds is 2. The van der Waals surface area contributed by atoms with E-state index >= 15 is 0 Å². The average Bonchev–Trinajstić information content (AvgIpc) is 2.49. The molecular weight excluding hydrogens is 252 g/mol. The van der Waals surface area contributed by atoms with E-state index in [9.17, 15) is 9.59 Å². The second-order valence-corrected chi connectivity index (χ2v) is 5.34. The van der Waals surface area contributed by atoms with Gasteiger partial charge in [0.05, 0.1) is 7.11 Å². The van der Waals surface area contributed by atoms with Gasteiger partial charge in [0.15, 0.2) is 11.5 Å². The minimum atomic E-state index is -0.150. The first-order valence-corrected chi connectivity index (χ1v) is 7.36. The number of carbonyl (C=O) groups is 2. The molecule has 108 valence electrons. The summed E-state index contributed by atoms with van der Waals surface area (Å²) in [6.07, 6.45) is 8.84. The molecule has 0 aromatic rings. The van der Waals surface area contributed by atoms with Crippen LogP contribution in [-0.2, 0) is 14.3 Å². The van der Waals surface area contributed by atoms with Gasteiger partial charge in [-0.2, -0.15) is 0 Å². The number of carbonyl (C=O) groups excluding carboxylic acids is 2. The zero-order valence-corrected chi connectivity index (χ0v) is 12.5. The Hall–Kier alpha value is -1.64. The fraction of sp³-hybridized carbons (Fsp3) is 0.529. The van der Waals surface area contributed by atoms with E-state index in [1.807, 2.05) is 0 Å². The van der Waals surface area contributed by atoms with E-state index in [4.69, 9.17) is 4.74 Å². The van der Waals surface area contributed by atoms with E-state index in [1.165, 1.54) is 13.5 Å². The van der Waals surface area contributed by atoms with Crippen molar-refractivity contribution in [2.75, 3.05) is 7.11 Å². The molecule has 20 heavy (non-hydrogen) atoms. The van der Waals surface area contributed by atoms with Crippen molar-refractivity contribution in [1.29, 1.82) is 0 Å². The molecule has 0 saturated heterocycles. The highest BCUT2D eigenvalue weighted by molar-refractivity contribution is 6.28. The topological polar surface area (TPSA) is 43.4 Å². The van der Waals surface area contributed by atoms with Crippen LogP contribution in [0.15, 0.2) is 34.6 Å². The highest BCUT2D eigenvalue weighted by Gasteiger charge is 2.38. The molecule has 2 rings (SSSR count). The lowest BCUT2D eigenvalue weighted by Gasteiger charge is -2.29. The van der Waals surface area contributed by atoms with Gasteiger partial charge in [0, 0.05) is 16.7 Å². The third-order valence-corrected chi connectivity index (χ3v) is 4.27. The van der Waals surface area contributed by atoms with Gasteiger partial charge < -0.3 is 4.74 Å². The Balaban J connectivity index is 2.54. The lowest BCUT2D eigenvalue weighted by molar-refractivity contribution is -0.119. The Labute approximate surface area is 120 Å². The van der Waals surface area contributed by atoms with Crippen LogP contribution in [0.2, 0.25) is 0 Å². The molecule has 0 spiro atoms. The van der Waals surface area contributed by atoms with Crippen LogP contribution in [0.5, 0.6) is 0 Å². The second-order valence-electron chi connectivity index (χ2n) is 5.34. The van der Waals surface area contributed by atoms with E-state index in [2.05, 4.69) is 0 Å². The predicted octanol–water partition coefficient (Wildman–Crippen LogP) is 3.51. The number of methoxy groups -OCH3 is 1. The normalized spacial score (nSPS) is 25.8. The number of hydrogen-bond acceptors (Lipinski definition) is 3. The van der Waals surface area contributed by atoms with Crippen LogP contribution in [0.1, 0.15) is 46.0 Å². The first-order valence-electron chi connectivity index (χ1n) is 7.36. The van der Waals surface area contributed by atoms with E-state index in [0.29, 0.717) is 16.7 Å².